The van der Waals surface area contributed by atoms with Gasteiger partial charge >= 0.3 is 0 Å². The summed E-state index contributed by atoms with van der Waals surface area (Å²) in [6, 6.07) is 5.98. The highest BCUT2D eigenvalue weighted by Gasteiger charge is 2.14. The van der Waals surface area contributed by atoms with Crippen LogP contribution in [0.15, 0.2) is 18.2 Å². The van der Waals surface area contributed by atoms with Crippen LogP contribution in [0, 0.1) is 0 Å². The molecule has 5 heteroatoms. The van der Waals surface area contributed by atoms with Crippen LogP contribution in [0.1, 0.15) is 24.8 Å². The Balaban J connectivity index is 1.73. The number of methoxy groups -OCH3 is 2. The van der Waals surface area contributed by atoms with Crippen molar-refractivity contribution in [3.05, 3.63) is 23.8 Å². The van der Waals surface area contributed by atoms with Crippen LogP contribution in [0.4, 0.5) is 0 Å². The molecule has 1 N–H and O–H groups in total. The van der Waals surface area contributed by atoms with Gasteiger partial charge < -0.3 is 19.5 Å². The Morgan fingerprint density at radius 3 is 2.55 bits per heavy atom. The number of nitrogens with zero attached hydrogens (tertiary/aromatic N) is 1. The zero-order valence-corrected chi connectivity index (χ0v) is 14.4. The number of ether oxygens (including phenoxy) is 2. The highest BCUT2D eigenvalue weighted by atomic mass is 32.2. The lowest BCUT2D eigenvalue weighted by Gasteiger charge is -2.28. The zero-order valence-electron chi connectivity index (χ0n) is 13.6. The van der Waals surface area contributed by atoms with Gasteiger partial charge in [-0.2, -0.15) is 11.8 Å². The summed E-state index contributed by atoms with van der Waals surface area (Å²) in [5.41, 5.74) is 1.19. The minimum atomic E-state index is -0.247. The van der Waals surface area contributed by atoms with E-state index in [1.165, 1.54) is 24.8 Å². The number of benzene rings is 1. The Hall–Kier alpha value is -0.910. The zero-order chi connectivity index (χ0) is 15.8. The van der Waals surface area contributed by atoms with Gasteiger partial charge in [0.05, 0.1) is 20.3 Å². The first-order valence-electron chi connectivity index (χ1n) is 7.92. The summed E-state index contributed by atoms with van der Waals surface area (Å²) in [6.45, 7) is 3.08. The molecular weight excluding hydrogens is 298 g/mol. The number of hydrogen-bond donors (Lipinski definition) is 1. The first-order valence-corrected chi connectivity index (χ1v) is 9.07. The lowest BCUT2D eigenvalue weighted by molar-refractivity contribution is 0.117. The van der Waals surface area contributed by atoms with Gasteiger partial charge in [0.1, 0.15) is 0 Å². The molecule has 1 aliphatic rings. The van der Waals surface area contributed by atoms with Crippen molar-refractivity contribution >= 4 is 11.8 Å². The average molecular weight is 325 g/mol. The lowest BCUT2D eigenvalue weighted by Crippen LogP contribution is -2.37. The number of β-amino-alcohol motifs (C(OH)–C–C–N with tert-alkyl or cyclic N) is 1. The van der Waals surface area contributed by atoms with E-state index >= 15 is 0 Å². The van der Waals surface area contributed by atoms with Crippen LogP contribution >= 0.6 is 11.8 Å². The van der Waals surface area contributed by atoms with E-state index in [2.05, 4.69) is 4.90 Å². The third kappa shape index (κ3) is 5.38. The van der Waals surface area contributed by atoms with Gasteiger partial charge in [-0.25, -0.2) is 0 Å². The molecule has 2 rings (SSSR count). The molecule has 1 unspecified atom stereocenters. The summed E-state index contributed by atoms with van der Waals surface area (Å²) >= 11 is 1.76. The second-order valence-corrected chi connectivity index (χ2v) is 6.75. The summed E-state index contributed by atoms with van der Waals surface area (Å²) in [5, 5.41) is 10.2. The van der Waals surface area contributed by atoms with Crippen molar-refractivity contribution in [1.82, 2.24) is 4.90 Å². The molecule has 0 aliphatic carbocycles. The Kier molecular flexibility index (Phi) is 7.36. The molecule has 4 nitrogen and oxygen atoms in total. The predicted octanol–water partition coefficient (Wildman–Crippen LogP) is 2.78. The van der Waals surface area contributed by atoms with E-state index in [-0.39, 0.29) is 6.10 Å². The van der Waals surface area contributed by atoms with Gasteiger partial charge in [-0.3, -0.25) is 0 Å². The number of aliphatic hydroxyl groups excluding tert-OH is 1. The summed E-state index contributed by atoms with van der Waals surface area (Å²) in [7, 11) is 3.29. The van der Waals surface area contributed by atoms with Crippen molar-refractivity contribution in [3.8, 4) is 11.5 Å². The topological polar surface area (TPSA) is 41.9 Å². The number of rotatable bonds is 8. The van der Waals surface area contributed by atoms with Crippen molar-refractivity contribution in [2.45, 2.75) is 31.1 Å². The SMILES string of the molecule is COc1ccc(CSCC(O)CN2CCCCC2)cc1OC. The Bertz CT molecular complexity index is 450. The van der Waals surface area contributed by atoms with E-state index in [0.717, 1.165) is 42.6 Å². The van der Waals surface area contributed by atoms with Crippen LogP contribution in [-0.2, 0) is 5.75 Å². The summed E-state index contributed by atoms with van der Waals surface area (Å²) in [6.07, 6.45) is 3.63. The van der Waals surface area contributed by atoms with E-state index in [1.807, 2.05) is 18.2 Å². The quantitative estimate of drug-likeness (QED) is 0.796. The van der Waals surface area contributed by atoms with Gasteiger partial charge in [0, 0.05) is 18.1 Å². The first kappa shape index (κ1) is 17.4. The number of piperidine rings is 1. The second-order valence-electron chi connectivity index (χ2n) is 5.72. The summed E-state index contributed by atoms with van der Waals surface area (Å²) in [4.78, 5) is 2.38. The number of thioether (sulfide) groups is 1. The molecule has 0 bridgehead atoms. The molecule has 0 aromatic heterocycles. The number of aliphatic hydroxyl groups is 1. The minimum Gasteiger partial charge on any atom is -0.493 e. The Morgan fingerprint density at radius 2 is 1.86 bits per heavy atom. The molecule has 1 atom stereocenters. The van der Waals surface area contributed by atoms with Gasteiger partial charge in [-0.1, -0.05) is 12.5 Å². The lowest BCUT2D eigenvalue weighted by atomic mass is 10.1. The van der Waals surface area contributed by atoms with E-state index in [4.69, 9.17) is 9.47 Å². The fraction of sp³-hybridized carbons (Fsp3) is 0.647. The highest BCUT2D eigenvalue weighted by Crippen LogP contribution is 2.29. The van der Waals surface area contributed by atoms with Gasteiger partial charge in [-0.15, -0.1) is 0 Å². The number of likely N-dealkylation sites (tertiary alicyclic amines) is 1. The molecule has 1 heterocycles. The molecule has 1 aromatic carbocycles. The van der Waals surface area contributed by atoms with Crippen LogP contribution in [0.3, 0.4) is 0 Å². The van der Waals surface area contributed by atoms with Crippen LogP contribution in [0.5, 0.6) is 11.5 Å². The Morgan fingerprint density at radius 1 is 1.14 bits per heavy atom. The van der Waals surface area contributed by atoms with Crippen LogP contribution in [-0.4, -0.2) is 55.7 Å². The average Bonchev–Trinajstić information content (AvgIpc) is 2.55. The van der Waals surface area contributed by atoms with Gasteiger partial charge in [0.2, 0.25) is 0 Å². The normalized spacial score (nSPS) is 17.2. The molecule has 1 aliphatic heterocycles. The van der Waals surface area contributed by atoms with Crippen molar-refractivity contribution in [2.24, 2.45) is 0 Å². The first-order chi connectivity index (χ1) is 10.7. The maximum atomic E-state index is 10.2. The number of hydrogen-bond acceptors (Lipinski definition) is 5. The standard InChI is InChI=1S/C17H27NO3S/c1-20-16-7-6-14(10-17(16)21-2)12-22-13-15(19)11-18-8-4-3-5-9-18/h6-7,10,15,19H,3-5,8-9,11-13H2,1-2H3. The Labute approximate surface area is 137 Å². The molecule has 124 valence electrons. The maximum Gasteiger partial charge on any atom is 0.161 e. The molecule has 0 amide bonds. The van der Waals surface area contributed by atoms with Gasteiger partial charge in [0.15, 0.2) is 11.5 Å². The molecule has 0 radical (unpaired) electrons. The smallest absolute Gasteiger partial charge is 0.161 e. The molecule has 0 spiro atoms. The molecule has 1 saturated heterocycles. The summed E-state index contributed by atoms with van der Waals surface area (Å²) in [5.74, 6) is 3.15. The fourth-order valence-electron chi connectivity index (χ4n) is 2.78. The van der Waals surface area contributed by atoms with Crippen molar-refractivity contribution < 1.29 is 14.6 Å². The molecule has 22 heavy (non-hydrogen) atoms. The van der Waals surface area contributed by atoms with Gasteiger partial charge in [0.25, 0.3) is 0 Å². The van der Waals surface area contributed by atoms with Crippen molar-refractivity contribution in [2.75, 3.05) is 39.6 Å². The van der Waals surface area contributed by atoms with Crippen LogP contribution in [0.2, 0.25) is 0 Å². The predicted molar refractivity (Wildman–Crippen MR) is 92.0 cm³/mol. The largest absolute Gasteiger partial charge is 0.493 e. The molecule has 1 aromatic rings. The minimum absolute atomic E-state index is 0.247. The van der Waals surface area contributed by atoms with E-state index in [9.17, 15) is 5.11 Å². The van der Waals surface area contributed by atoms with Crippen LogP contribution < -0.4 is 9.47 Å². The van der Waals surface area contributed by atoms with Crippen molar-refractivity contribution in [3.63, 3.8) is 0 Å². The van der Waals surface area contributed by atoms with Crippen LogP contribution in [0.25, 0.3) is 0 Å². The van der Waals surface area contributed by atoms with E-state index < -0.39 is 0 Å². The third-order valence-electron chi connectivity index (χ3n) is 3.94. The van der Waals surface area contributed by atoms with E-state index in [1.54, 1.807) is 26.0 Å². The molecule has 0 saturated carbocycles. The second kappa shape index (κ2) is 9.28. The molecule has 1 fully saturated rings. The van der Waals surface area contributed by atoms with E-state index in [0.29, 0.717) is 0 Å². The molecular formula is C17H27NO3S. The van der Waals surface area contributed by atoms with Gasteiger partial charge in [-0.05, 0) is 43.6 Å². The summed E-state index contributed by atoms with van der Waals surface area (Å²) < 4.78 is 10.6. The fourth-order valence-corrected chi connectivity index (χ4v) is 3.69. The third-order valence-corrected chi connectivity index (χ3v) is 5.10. The highest BCUT2D eigenvalue weighted by molar-refractivity contribution is 7.98. The maximum absolute atomic E-state index is 10.2. The van der Waals surface area contributed by atoms with Crippen molar-refractivity contribution in [1.29, 1.82) is 0 Å². The monoisotopic (exact) mass is 325 g/mol.